The first-order chi connectivity index (χ1) is 8.02. The Morgan fingerprint density at radius 3 is 2.65 bits per heavy atom. The van der Waals surface area contributed by atoms with Crippen LogP contribution in [-0.2, 0) is 6.54 Å². The van der Waals surface area contributed by atoms with Gasteiger partial charge in [0.25, 0.3) is 0 Å². The van der Waals surface area contributed by atoms with Gasteiger partial charge in [0.2, 0.25) is 0 Å². The van der Waals surface area contributed by atoms with Crippen molar-refractivity contribution >= 4 is 0 Å². The van der Waals surface area contributed by atoms with E-state index >= 15 is 0 Å². The van der Waals surface area contributed by atoms with Crippen LogP contribution in [0.5, 0.6) is 0 Å². The molecule has 1 heterocycles. The molecule has 17 heavy (non-hydrogen) atoms. The Morgan fingerprint density at radius 2 is 2.12 bits per heavy atom. The number of aliphatic hydroxyl groups is 1. The summed E-state index contributed by atoms with van der Waals surface area (Å²) in [7, 11) is 0. The average Bonchev–Trinajstić information content (AvgIpc) is 2.76. The highest BCUT2D eigenvalue weighted by atomic mass is 16.3. The molecular weight excluding hydrogens is 212 g/mol. The van der Waals surface area contributed by atoms with Gasteiger partial charge >= 0.3 is 0 Å². The van der Waals surface area contributed by atoms with Crippen molar-refractivity contribution in [1.29, 1.82) is 0 Å². The normalized spacial score (nSPS) is 22.6. The van der Waals surface area contributed by atoms with Crippen molar-refractivity contribution < 1.29 is 5.11 Å². The van der Waals surface area contributed by atoms with Gasteiger partial charge < -0.3 is 5.11 Å². The Balaban J connectivity index is 1.98. The third kappa shape index (κ3) is 2.89. The zero-order valence-electron chi connectivity index (χ0n) is 11.2. The molecule has 0 aliphatic heterocycles. The molecule has 1 aliphatic rings. The minimum absolute atomic E-state index is 0.327. The highest BCUT2D eigenvalue weighted by Crippen LogP contribution is 2.42. The molecule has 1 saturated carbocycles. The predicted octanol–water partition coefficient (Wildman–Crippen LogP) is 3.15. The van der Waals surface area contributed by atoms with E-state index in [9.17, 15) is 5.11 Å². The van der Waals surface area contributed by atoms with Crippen molar-refractivity contribution in [3.8, 4) is 0 Å². The van der Waals surface area contributed by atoms with Crippen LogP contribution in [0.25, 0.3) is 0 Å². The van der Waals surface area contributed by atoms with Crippen molar-refractivity contribution in [2.45, 2.75) is 59.1 Å². The number of hydrogen-bond acceptors (Lipinski definition) is 2. The van der Waals surface area contributed by atoms with Crippen molar-refractivity contribution in [3.63, 3.8) is 0 Å². The van der Waals surface area contributed by atoms with Gasteiger partial charge in [0.15, 0.2) is 0 Å². The van der Waals surface area contributed by atoms with Crippen LogP contribution in [0.2, 0.25) is 0 Å². The fraction of sp³-hybridized carbons (Fsp3) is 0.786. The van der Waals surface area contributed by atoms with Crippen LogP contribution in [0.15, 0.2) is 12.4 Å². The molecular formula is C14H24N2O. The minimum Gasteiger partial charge on any atom is -0.388 e. The van der Waals surface area contributed by atoms with Crippen molar-refractivity contribution in [2.24, 2.45) is 11.3 Å². The average molecular weight is 236 g/mol. The van der Waals surface area contributed by atoms with Crippen LogP contribution in [0.4, 0.5) is 0 Å². The maximum Gasteiger partial charge on any atom is 0.0848 e. The number of hydrogen-bond donors (Lipinski definition) is 1. The van der Waals surface area contributed by atoms with Gasteiger partial charge in [0, 0.05) is 18.3 Å². The molecule has 3 nitrogen and oxygen atoms in total. The topological polar surface area (TPSA) is 38.0 Å². The van der Waals surface area contributed by atoms with Crippen LogP contribution < -0.4 is 0 Å². The fourth-order valence-corrected chi connectivity index (χ4v) is 2.71. The van der Waals surface area contributed by atoms with E-state index in [2.05, 4.69) is 25.9 Å². The van der Waals surface area contributed by atoms with Crippen LogP contribution >= 0.6 is 0 Å². The minimum atomic E-state index is -0.327. The highest BCUT2D eigenvalue weighted by Gasteiger charge is 2.31. The molecule has 0 radical (unpaired) electrons. The second kappa shape index (κ2) is 4.81. The number of aromatic nitrogens is 2. The van der Waals surface area contributed by atoms with E-state index in [1.54, 1.807) is 0 Å². The smallest absolute Gasteiger partial charge is 0.0848 e. The molecule has 1 fully saturated rings. The van der Waals surface area contributed by atoms with Gasteiger partial charge in [-0.05, 0) is 43.9 Å². The van der Waals surface area contributed by atoms with Crippen LogP contribution in [-0.4, -0.2) is 14.9 Å². The fourth-order valence-electron chi connectivity index (χ4n) is 2.71. The molecule has 0 spiro atoms. The van der Waals surface area contributed by atoms with E-state index < -0.39 is 0 Å². The molecule has 1 aromatic rings. The van der Waals surface area contributed by atoms with E-state index in [-0.39, 0.29) is 6.10 Å². The Hall–Kier alpha value is -0.830. The molecule has 2 rings (SSSR count). The number of rotatable bonds is 3. The van der Waals surface area contributed by atoms with E-state index in [0.29, 0.717) is 11.3 Å². The molecule has 0 saturated heterocycles. The number of aliphatic hydroxyl groups excluding tert-OH is 1. The SMILES string of the molecule is CCn1cc(C(O)C2CCC(C)(C)CC2)cn1. The van der Waals surface area contributed by atoms with Gasteiger partial charge in [-0.15, -0.1) is 0 Å². The molecule has 1 aromatic heterocycles. The summed E-state index contributed by atoms with van der Waals surface area (Å²) < 4.78 is 1.88. The lowest BCUT2D eigenvalue weighted by Crippen LogP contribution is -2.25. The maximum atomic E-state index is 10.4. The lowest BCUT2D eigenvalue weighted by atomic mass is 9.71. The quantitative estimate of drug-likeness (QED) is 0.875. The Morgan fingerprint density at radius 1 is 1.47 bits per heavy atom. The van der Waals surface area contributed by atoms with E-state index in [1.807, 2.05) is 17.1 Å². The second-order valence-corrected chi connectivity index (χ2v) is 6.08. The van der Waals surface area contributed by atoms with Gasteiger partial charge in [0.05, 0.1) is 12.3 Å². The molecule has 0 aromatic carbocycles. The highest BCUT2D eigenvalue weighted by molar-refractivity contribution is 5.09. The van der Waals surface area contributed by atoms with E-state index in [0.717, 1.165) is 24.9 Å². The van der Waals surface area contributed by atoms with Crippen LogP contribution in [0.1, 0.15) is 58.1 Å². The summed E-state index contributed by atoms with van der Waals surface area (Å²) in [6.45, 7) is 7.58. The van der Waals surface area contributed by atoms with Crippen molar-refractivity contribution in [1.82, 2.24) is 9.78 Å². The molecule has 0 bridgehead atoms. The lowest BCUT2D eigenvalue weighted by molar-refractivity contribution is 0.0567. The summed E-state index contributed by atoms with van der Waals surface area (Å²) in [5.74, 6) is 0.414. The summed E-state index contributed by atoms with van der Waals surface area (Å²) in [6, 6.07) is 0. The first kappa shape index (κ1) is 12.6. The molecule has 0 amide bonds. The van der Waals surface area contributed by atoms with Gasteiger partial charge in [0.1, 0.15) is 0 Å². The van der Waals surface area contributed by atoms with Gasteiger partial charge in [-0.2, -0.15) is 5.10 Å². The molecule has 1 unspecified atom stereocenters. The third-order valence-corrected chi connectivity index (χ3v) is 4.15. The Bertz CT molecular complexity index is 360. The Kier molecular flexibility index (Phi) is 3.57. The second-order valence-electron chi connectivity index (χ2n) is 6.08. The monoisotopic (exact) mass is 236 g/mol. The zero-order chi connectivity index (χ0) is 12.5. The molecule has 96 valence electrons. The van der Waals surface area contributed by atoms with E-state index in [1.165, 1.54) is 12.8 Å². The number of nitrogens with zero attached hydrogens (tertiary/aromatic N) is 2. The lowest BCUT2D eigenvalue weighted by Gasteiger charge is -2.36. The standard InChI is InChI=1S/C14H24N2O/c1-4-16-10-12(9-15-16)13(17)11-5-7-14(2,3)8-6-11/h9-11,13,17H,4-8H2,1-3H3. The molecule has 3 heteroatoms. The number of aryl methyl sites for hydroxylation is 1. The summed E-state index contributed by atoms with van der Waals surface area (Å²) in [5, 5.41) is 14.6. The summed E-state index contributed by atoms with van der Waals surface area (Å²) in [5.41, 5.74) is 1.45. The van der Waals surface area contributed by atoms with Crippen molar-refractivity contribution in [3.05, 3.63) is 18.0 Å². The van der Waals surface area contributed by atoms with Gasteiger partial charge in [-0.3, -0.25) is 4.68 Å². The Labute approximate surface area is 104 Å². The third-order valence-electron chi connectivity index (χ3n) is 4.15. The first-order valence-electron chi connectivity index (χ1n) is 6.72. The summed E-state index contributed by atoms with van der Waals surface area (Å²) in [4.78, 5) is 0. The summed E-state index contributed by atoms with van der Waals surface area (Å²) in [6.07, 6.45) is 8.16. The maximum absolute atomic E-state index is 10.4. The van der Waals surface area contributed by atoms with E-state index in [4.69, 9.17) is 0 Å². The van der Waals surface area contributed by atoms with Crippen LogP contribution in [0, 0.1) is 11.3 Å². The van der Waals surface area contributed by atoms with Gasteiger partial charge in [-0.25, -0.2) is 0 Å². The zero-order valence-corrected chi connectivity index (χ0v) is 11.2. The molecule has 1 atom stereocenters. The van der Waals surface area contributed by atoms with Crippen LogP contribution in [0.3, 0.4) is 0 Å². The van der Waals surface area contributed by atoms with Crippen molar-refractivity contribution in [2.75, 3.05) is 0 Å². The summed E-state index contributed by atoms with van der Waals surface area (Å²) >= 11 is 0. The predicted molar refractivity (Wildman–Crippen MR) is 68.6 cm³/mol. The van der Waals surface area contributed by atoms with Gasteiger partial charge in [-0.1, -0.05) is 13.8 Å². The first-order valence-corrected chi connectivity index (χ1v) is 6.72. The largest absolute Gasteiger partial charge is 0.388 e. The molecule has 1 N–H and O–H groups in total. The molecule has 1 aliphatic carbocycles.